The highest BCUT2D eigenvalue weighted by Gasteiger charge is 2.79. The summed E-state index contributed by atoms with van der Waals surface area (Å²) in [5.74, 6) is 5.27. The minimum Gasteiger partial charge on any atom is -0.336 e. The van der Waals surface area contributed by atoms with Crippen LogP contribution in [0.25, 0.3) is 0 Å². The molecule has 6 aromatic rings. The number of benzene rings is 6. The number of rotatable bonds is 5. The van der Waals surface area contributed by atoms with E-state index in [1.807, 2.05) is 0 Å². The highest BCUT2D eigenvalue weighted by molar-refractivity contribution is 7.27. The maximum Gasteiger partial charge on any atom is 0.245 e. The second kappa shape index (κ2) is 12.5. The summed E-state index contributed by atoms with van der Waals surface area (Å²) in [5.41, 5.74) is 18.3. The molecule has 9 fully saturated rings. The molecule has 1 spiro atoms. The van der Waals surface area contributed by atoms with Crippen LogP contribution >= 0.6 is 0 Å². The Morgan fingerprint density at radius 3 is 1.72 bits per heavy atom. The Bertz CT molecular complexity index is 3320. The predicted molar refractivity (Wildman–Crippen MR) is 297 cm³/mol. The molecule has 4 heterocycles. The van der Waals surface area contributed by atoms with Crippen molar-refractivity contribution in [1.29, 1.82) is 0 Å². The van der Waals surface area contributed by atoms with E-state index in [2.05, 4.69) is 177 Å². The quantitative estimate of drug-likeness (QED) is 0.159. The molecule has 4 aliphatic heterocycles. The lowest BCUT2D eigenvalue weighted by atomic mass is 9.33. The van der Waals surface area contributed by atoms with Crippen LogP contribution in [-0.2, 0) is 10.8 Å². The molecule has 19 rings (SSSR count). The zero-order valence-corrected chi connectivity index (χ0v) is 43.7. The molecular weight excluding hydrogens is 874 g/mol. The van der Waals surface area contributed by atoms with Gasteiger partial charge in [0, 0.05) is 50.6 Å². The topological polar surface area (TPSA) is 9.72 Å². The minimum absolute atomic E-state index is 0.0311. The van der Waals surface area contributed by atoms with E-state index in [9.17, 15) is 0 Å². The molecule has 6 atom stereocenters. The van der Waals surface area contributed by atoms with Gasteiger partial charge in [-0.1, -0.05) is 149 Å². The fourth-order valence-corrected chi connectivity index (χ4v) is 27.2. The zero-order valence-electron chi connectivity index (χ0n) is 42.7. The van der Waals surface area contributed by atoms with Crippen molar-refractivity contribution in [3.8, 4) is 0 Å². The third-order valence-electron chi connectivity index (χ3n) is 24.6. The molecule has 6 bridgehead atoms. The average molecular weight is 942 g/mol. The van der Waals surface area contributed by atoms with Gasteiger partial charge in [0.1, 0.15) is 0 Å². The second-order valence-electron chi connectivity index (χ2n) is 27.8. The van der Waals surface area contributed by atoms with Gasteiger partial charge in [-0.2, -0.15) is 20.7 Å². The molecule has 13 aliphatic rings. The van der Waals surface area contributed by atoms with Crippen molar-refractivity contribution in [1.82, 2.24) is 0 Å². The lowest BCUT2D eigenvalue weighted by Gasteiger charge is -2.66. The van der Waals surface area contributed by atoms with Crippen LogP contribution in [0.15, 0.2) is 127 Å². The first-order valence-electron chi connectivity index (χ1n) is 28.5. The van der Waals surface area contributed by atoms with E-state index in [1.165, 1.54) is 111 Å². The zero-order chi connectivity index (χ0) is 47.0. The average Bonchev–Trinajstić information content (AvgIpc) is 4.24. The summed E-state index contributed by atoms with van der Waals surface area (Å²) in [4.78, 5) is 9.33. The van der Waals surface area contributed by atoms with Gasteiger partial charge in [-0.05, 0) is 179 Å². The van der Waals surface area contributed by atoms with E-state index in [0.29, 0.717) is 5.41 Å². The Morgan fingerprint density at radius 2 is 1.14 bits per heavy atom. The number of hydrogen-bond donors (Lipinski definition) is 0. The van der Waals surface area contributed by atoms with Gasteiger partial charge in [0.25, 0.3) is 0 Å². The summed E-state index contributed by atoms with van der Waals surface area (Å²) in [5, 5.41) is 6.35. The highest BCUT2D eigenvalue weighted by atomic mass is 28.3. The first-order valence-corrected chi connectivity index (χ1v) is 30.5. The van der Waals surface area contributed by atoms with Crippen LogP contribution in [0.5, 0.6) is 0 Å². The van der Waals surface area contributed by atoms with Gasteiger partial charge in [0.15, 0.2) is 0 Å². The fourth-order valence-electron chi connectivity index (χ4n) is 21.9. The molecule has 6 unspecified atom stereocenters. The normalized spacial score (nSPS) is 37.5. The summed E-state index contributed by atoms with van der Waals surface area (Å²) < 4.78 is 0. The number of anilines is 6. The monoisotopic (exact) mass is 942 g/mol. The Kier molecular flexibility index (Phi) is 7.12. The van der Waals surface area contributed by atoms with Crippen molar-refractivity contribution in [3.05, 3.63) is 139 Å². The van der Waals surface area contributed by atoms with Crippen LogP contribution in [0.1, 0.15) is 129 Å². The van der Waals surface area contributed by atoms with E-state index in [0.717, 1.165) is 35.5 Å². The van der Waals surface area contributed by atoms with Crippen LogP contribution in [-0.4, -0.2) is 31.4 Å². The molecule has 3 nitrogen and oxygen atoms in total. The van der Waals surface area contributed by atoms with Crippen LogP contribution in [0.3, 0.4) is 0 Å². The molecule has 5 heteroatoms. The third kappa shape index (κ3) is 4.26. The number of fused-ring (bicyclic) bond motifs is 4. The van der Waals surface area contributed by atoms with Crippen molar-refractivity contribution in [2.75, 3.05) is 14.7 Å². The van der Waals surface area contributed by atoms with E-state index >= 15 is 0 Å². The van der Waals surface area contributed by atoms with Gasteiger partial charge in [-0.3, -0.25) is 0 Å². The van der Waals surface area contributed by atoms with Crippen molar-refractivity contribution in [3.63, 3.8) is 0 Å². The Hall–Kier alpha value is -5.00. The SMILES string of the molecule is CC(C)(C)c1ccc2c(c1)C1(C)CCCCC1(C)N2c1cc2c3c(c1)N(C14CC5CC1CC5C4)c1cccc4c1B3c1c(cccc1[Si-]4(c1ccccc1)c1ccccc1)N2C12CC3CC4CC(C1)C43C2. The van der Waals surface area contributed by atoms with E-state index < -0.39 is 8.07 Å². The van der Waals surface area contributed by atoms with Gasteiger partial charge in [-0.25, -0.2) is 0 Å². The van der Waals surface area contributed by atoms with E-state index in [-0.39, 0.29) is 34.2 Å². The molecule has 0 saturated heterocycles. The van der Waals surface area contributed by atoms with E-state index in [1.54, 1.807) is 55.1 Å². The molecule has 6 aromatic carbocycles. The lowest BCUT2D eigenvalue weighted by Crippen LogP contribution is -2.88. The van der Waals surface area contributed by atoms with Crippen molar-refractivity contribution in [2.24, 2.45) is 40.9 Å². The van der Waals surface area contributed by atoms with Crippen LogP contribution in [0, 0.1) is 40.9 Å². The molecule has 9 aliphatic carbocycles. The third-order valence-corrected chi connectivity index (χ3v) is 29.5. The molecule has 355 valence electrons. The minimum atomic E-state index is -2.86. The van der Waals surface area contributed by atoms with Crippen molar-refractivity contribution in [2.45, 2.75) is 146 Å². The smallest absolute Gasteiger partial charge is 0.245 e. The van der Waals surface area contributed by atoms with Crippen molar-refractivity contribution >= 4 is 86.0 Å². The summed E-state index contributed by atoms with van der Waals surface area (Å²) in [6.45, 7) is 12.8. The van der Waals surface area contributed by atoms with Gasteiger partial charge >= 0.3 is 0 Å². The Labute approximate surface area is 423 Å². The predicted octanol–water partition coefficient (Wildman–Crippen LogP) is 10.6. The first-order chi connectivity index (χ1) is 34.4. The van der Waals surface area contributed by atoms with Crippen LogP contribution < -0.4 is 51.8 Å². The largest absolute Gasteiger partial charge is 0.336 e. The molecule has 71 heavy (non-hydrogen) atoms. The lowest BCUT2D eigenvalue weighted by molar-refractivity contribution is -0.175. The van der Waals surface area contributed by atoms with Crippen LogP contribution in [0.4, 0.5) is 34.1 Å². The summed E-state index contributed by atoms with van der Waals surface area (Å²) >= 11 is 0. The molecule has 0 radical (unpaired) electrons. The standard InChI is InChI=1S/C66H68BN3Si/c1-61(2,3)42-24-25-51-50(32-42)62(4)26-12-13-27-63(62,5)68(51)47-33-54-58-55(34-47)70(65-35-40-28-43(65)29-41(40)36-65)53-21-15-23-57-60(53)67(58)59-52(69(54)64-37-45-30-44-31-46(38-64)66(44,45)39-64)20-14-22-56(59)71(57,48-16-8-6-9-17-48)49-18-10-7-11-19-49/h6-11,14-25,32-34,40-41,43-46H,12-13,26-31,35-39H2,1-5H3/q-1. The maximum absolute atomic E-state index is 3.19. The molecular formula is C66H68BN3Si-. The summed E-state index contributed by atoms with van der Waals surface area (Å²) in [7, 11) is -2.86. The Balaban J connectivity index is 0.980. The van der Waals surface area contributed by atoms with E-state index in [4.69, 9.17) is 0 Å². The molecule has 0 aromatic heterocycles. The van der Waals surface area contributed by atoms with Crippen molar-refractivity contribution < 1.29 is 0 Å². The van der Waals surface area contributed by atoms with Gasteiger partial charge in [0.2, 0.25) is 6.71 Å². The first kappa shape index (κ1) is 40.5. The highest BCUT2D eigenvalue weighted by Crippen LogP contribution is 2.83. The molecule has 9 saturated carbocycles. The number of nitrogens with zero attached hydrogens (tertiary/aromatic N) is 3. The second-order valence-corrected chi connectivity index (χ2v) is 31.5. The fraction of sp³-hybridized carbons (Fsp3) is 0.455. The molecule has 0 N–H and O–H groups in total. The number of hydrogen-bond acceptors (Lipinski definition) is 3. The van der Waals surface area contributed by atoms with Gasteiger partial charge < -0.3 is 14.7 Å². The van der Waals surface area contributed by atoms with Gasteiger partial charge in [0.05, 0.1) is 5.54 Å². The van der Waals surface area contributed by atoms with Crippen LogP contribution in [0.2, 0.25) is 0 Å². The maximum atomic E-state index is 3.19. The van der Waals surface area contributed by atoms with Gasteiger partial charge in [-0.15, -0.1) is 0 Å². The summed E-state index contributed by atoms with van der Waals surface area (Å²) in [6.07, 6.45) is 17.7. The molecule has 0 amide bonds. The Morgan fingerprint density at radius 1 is 0.535 bits per heavy atom. The summed E-state index contributed by atoms with van der Waals surface area (Å²) in [6, 6.07) is 53.1.